The zero-order valence-corrected chi connectivity index (χ0v) is 17.6. The zero-order chi connectivity index (χ0) is 20.4. The number of anilines is 1. The van der Waals surface area contributed by atoms with Crippen molar-refractivity contribution in [3.05, 3.63) is 40.2 Å². The Morgan fingerprint density at radius 3 is 2.72 bits per heavy atom. The molecule has 2 aliphatic rings. The molecule has 7 nitrogen and oxygen atoms in total. The molecular formula is C21H28N4O3S. The molecule has 4 rings (SSSR count). The third kappa shape index (κ3) is 4.71. The van der Waals surface area contributed by atoms with Crippen molar-refractivity contribution in [1.82, 2.24) is 9.80 Å². The van der Waals surface area contributed by atoms with Crippen molar-refractivity contribution in [2.24, 2.45) is 11.7 Å². The highest BCUT2D eigenvalue weighted by molar-refractivity contribution is 7.17. The van der Waals surface area contributed by atoms with Gasteiger partial charge in [0.1, 0.15) is 10.8 Å². The van der Waals surface area contributed by atoms with E-state index in [1.807, 2.05) is 12.1 Å². The van der Waals surface area contributed by atoms with Crippen LogP contribution in [0.15, 0.2) is 22.8 Å². The summed E-state index contributed by atoms with van der Waals surface area (Å²) < 4.78 is 5.41. The lowest BCUT2D eigenvalue weighted by molar-refractivity contribution is -0.117. The van der Waals surface area contributed by atoms with Gasteiger partial charge in [-0.15, -0.1) is 11.3 Å². The lowest BCUT2D eigenvalue weighted by Gasteiger charge is -2.33. The van der Waals surface area contributed by atoms with Gasteiger partial charge >= 0.3 is 0 Å². The quantitative estimate of drug-likeness (QED) is 0.754. The van der Waals surface area contributed by atoms with Crippen molar-refractivity contribution >= 4 is 28.2 Å². The second-order valence-corrected chi connectivity index (χ2v) is 9.21. The van der Waals surface area contributed by atoms with Crippen LogP contribution in [-0.4, -0.2) is 54.3 Å². The first-order valence-electron chi connectivity index (χ1n) is 10.2. The van der Waals surface area contributed by atoms with E-state index in [1.54, 1.807) is 6.26 Å². The van der Waals surface area contributed by atoms with Gasteiger partial charge in [0, 0.05) is 31.1 Å². The van der Waals surface area contributed by atoms with Gasteiger partial charge in [-0.2, -0.15) is 0 Å². The van der Waals surface area contributed by atoms with E-state index in [2.05, 4.69) is 22.0 Å². The van der Waals surface area contributed by atoms with E-state index in [0.717, 1.165) is 63.3 Å². The zero-order valence-electron chi connectivity index (χ0n) is 16.8. The van der Waals surface area contributed by atoms with E-state index >= 15 is 0 Å². The van der Waals surface area contributed by atoms with Crippen LogP contribution in [0.1, 0.15) is 39.9 Å². The Balaban J connectivity index is 1.33. The van der Waals surface area contributed by atoms with Gasteiger partial charge in [0.05, 0.1) is 24.9 Å². The van der Waals surface area contributed by atoms with E-state index in [1.165, 1.54) is 16.2 Å². The first-order valence-corrected chi connectivity index (χ1v) is 11.0. The van der Waals surface area contributed by atoms with Crippen LogP contribution in [0.25, 0.3) is 0 Å². The van der Waals surface area contributed by atoms with Gasteiger partial charge in [-0.3, -0.25) is 19.4 Å². The molecule has 2 aromatic heterocycles. The molecule has 156 valence electrons. The Hall–Kier alpha value is -2.16. The van der Waals surface area contributed by atoms with Crippen LogP contribution in [0.5, 0.6) is 0 Å². The Morgan fingerprint density at radius 2 is 2.03 bits per heavy atom. The summed E-state index contributed by atoms with van der Waals surface area (Å²) in [5, 5.41) is 3.59. The van der Waals surface area contributed by atoms with Crippen molar-refractivity contribution in [1.29, 1.82) is 0 Å². The molecule has 29 heavy (non-hydrogen) atoms. The van der Waals surface area contributed by atoms with Gasteiger partial charge in [-0.25, -0.2) is 0 Å². The number of carbonyl (C=O) groups excluding carboxylic acids is 2. The molecule has 8 heteroatoms. The lowest BCUT2D eigenvalue weighted by atomic mass is 9.88. The van der Waals surface area contributed by atoms with E-state index in [-0.39, 0.29) is 5.91 Å². The molecule has 1 atom stereocenters. The van der Waals surface area contributed by atoms with Gasteiger partial charge in [-0.05, 0) is 42.9 Å². The number of fused-ring (bicyclic) bond motifs is 1. The number of thiophene rings is 1. The molecule has 2 amide bonds. The minimum absolute atomic E-state index is 0.0846. The van der Waals surface area contributed by atoms with Crippen molar-refractivity contribution in [2.75, 3.05) is 38.0 Å². The fraction of sp³-hybridized carbons (Fsp3) is 0.524. The summed E-state index contributed by atoms with van der Waals surface area (Å²) in [4.78, 5) is 30.3. The number of carbonyl (C=O) groups is 2. The van der Waals surface area contributed by atoms with Crippen LogP contribution >= 0.6 is 11.3 Å². The first-order chi connectivity index (χ1) is 14.0. The number of nitrogens with zero attached hydrogens (tertiary/aromatic N) is 2. The minimum atomic E-state index is -0.445. The third-order valence-corrected chi connectivity index (χ3v) is 6.97. The first kappa shape index (κ1) is 20.1. The van der Waals surface area contributed by atoms with Gasteiger partial charge in [0.15, 0.2) is 0 Å². The summed E-state index contributed by atoms with van der Waals surface area (Å²) in [7, 11) is 0. The van der Waals surface area contributed by atoms with Crippen LogP contribution in [0.3, 0.4) is 0 Å². The number of primary amides is 1. The summed E-state index contributed by atoms with van der Waals surface area (Å²) in [5.41, 5.74) is 7.21. The van der Waals surface area contributed by atoms with E-state index in [0.29, 0.717) is 23.0 Å². The topological polar surface area (TPSA) is 91.8 Å². The molecule has 0 radical (unpaired) electrons. The smallest absolute Gasteiger partial charge is 0.251 e. The summed E-state index contributed by atoms with van der Waals surface area (Å²) >= 11 is 1.52. The molecule has 2 aromatic rings. The highest BCUT2D eigenvalue weighted by atomic mass is 32.1. The maximum Gasteiger partial charge on any atom is 0.251 e. The normalized spacial score (nSPS) is 20.4. The minimum Gasteiger partial charge on any atom is -0.468 e. The maximum atomic E-state index is 12.6. The molecule has 1 aliphatic heterocycles. The summed E-state index contributed by atoms with van der Waals surface area (Å²) in [6.45, 7) is 6.79. The molecule has 1 saturated heterocycles. The van der Waals surface area contributed by atoms with Crippen molar-refractivity contribution in [2.45, 2.75) is 32.7 Å². The highest BCUT2D eigenvalue weighted by Crippen LogP contribution is 2.39. The van der Waals surface area contributed by atoms with Crippen LogP contribution in [0.2, 0.25) is 0 Å². The number of nitrogens with one attached hydrogen (secondary N) is 1. The number of amides is 2. The molecule has 0 aromatic carbocycles. The van der Waals surface area contributed by atoms with Gasteiger partial charge < -0.3 is 15.5 Å². The molecule has 1 fully saturated rings. The van der Waals surface area contributed by atoms with Gasteiger partial charge in [0.2, 0.25) is 5.91 Å². The van der Waals surface area contributed by atoms with Crippen LogP contribution < -0.4 is 11.1 Å². The molecule has 0 spiro atoms. The average Bonchev–Trinajstić information content (AvgIpc) is 3.30. The monoisotopic (exact) mass is 416 g/mol. The molecule has 0 saturated carbocycles. The number of nitrogens with two attached hydrogens (primary N) is 1. The number of piperazine rings is 1. The Labute approximate surface area is 174 Å². The molecule has 3 N–H and O–H groups in total. The standard InChI is InChI=1S/C21H28N4O3S/c1-14-4-5-16-17(11-14)29-21(19(16)20(22)27)23-18(26)13-25-8-6-24(7-9-25)12-15-3-2-10-28-15/h2-3,10,14H,4-9,11-13H2,1H3,(H2,22,27)(H,23,26). The Morgan fingerprint density at radius 1 is 1.28 bits per heavy atom. The van der Waals surface area contributed by atoms with Crippen molar-refractivity contribution < 1.29 is 14.0 Å². The fourth-order valence-corrected chi connectivity index (χ4v) is 5.63. The van der Waals surface area contributed by atoms with Crippen molar-refractivity contribution in [3.8, 4) is 0 Å². The predicted molar refractivity (Wildman–Crippen MR) is 113 cm³/mol. The van der Waals surface area contributed by atoms with E-state index in [9.17, 15) is 9.59 Å². The van der Waals surface area contributed by atoms with E-state index < -0.39 is 5.91 Å². The third-order valence-electron chi connectivity index (χ3n) is 5.80. The number of furan rings is 1. The average molecular weight is 417 g/mol. The summed E-state index contributed by atoms with van der Waals surface area (Å²) in [5.74, 6) is 1.03. The van der Waals surface area contributed by atoms with Gasteiger partial charge in [0.25, 0.3) is 5.91 Å². The summed E-state index contributed by atoms with van der Waals surface area (Å²) in [6.07, 6.45) is 4.56. The Kier molecular flexibility index (Phi) is 6.03. The second kappa shape index (κ2) is 8.69. The second-order valence-electron chi connectivity index (χ2n) is 8.10. The van der Waals surface area contributed by atoms with Crippen LogP contribution in [0.4, 0.5) is 5.00 Å². The number of rotatable bonds is 6. The van der Waals surface area contributed by atoms with Crippen LogP contribution in [0, 0.1) is 5.92 Å². The van der Waals surface area contributed by atoms with Gasteiger partial charge in [-0.1, -0.05) is 6.92 Å². The Bertz CT molecular complexity index is 869. The van der Waals surface area contributed by atoms with Crippen LogP contribution in [-0.2, 0) is 24.2 Å². The SMILES string of the molecule is CC1CCc2c(sc(NC(=O)CN3CCN(Cc4ccco4)CC3)c2C(N)=O)C1. The molecule has 1 unspecified atom stereocenters. The fourth-order valence-electron chi connectivity index (χ4n) is 4.20. The highest BCUT2D eigenvalue weighted by Gasteiger charge is 2.28. The lowest BCUT2D eigenvalue weighted by Crippen LogP contribution is -2.48. The maximum absolute atomic E-state index is 12.6. The van der Waals surface area contributed by atoms with Crippen molar-refractivity contribution in [3.63, 3.8) is 0 Å². The molecule has 0 bridgehead atoms. The molecule has 3 heterocycles. The number of hydrogen-bond donors (Lipinski definition) is 2. The number of hydrogen-bond acceptors (Lipinski definition) is 6. The summed E-state index contributed by atoms with van der Waals surface area (Å²) in [6, 6.07) is 3.89. The predicted octanol–water partition coefficient (Wildman–Crippen LogP) is 2.32. The largest absolute Gasteiger partial charge is 0.468 e. The molecule has 1 aliphatic carbocycles. The molecular weight excluding hydrogens is 388 g/mol. The van der Waals surface area contributed by atoms with E-state index in [4.69, 9.17) is 10.2 Å².